The molecular weight excluding hydrogens is 194 g/mol. The van der Waals surface area contributed by atoms with Crippen molar-refractivity contribution in [1.29, 1.82) is 0 Å². The highest BCUT2D eigenvalue weighted by Crippen LogP contribution is 2.03. The van der Waals surface area contributed by atoms with E-state index in [0.29, 0.717) is 25.2 Å². The fraction of sp³-hybridized carbons (Fsp3) is 0.600. The Balaban J connectivity index is 2.69. The second-order valence-corrected chi connectivity index (χ2v) is 3.30. The van der Waals surface area contributed by atoms with Gasteiger partial charge in [-0.05, 0) is 19.4 Å². The van der Waals surface area contributed by atoms with Gasteiger partial charge in [0.1, 0.15) is 5.69 Å². The number of aliphatic hydroxyl groups excluding tert-OH is 1. The van der Waals surface area contributed by atoms with Crippen molar-refractivity contribution in [3.8, 4) is 0 Å². The van der Waals surface area contributed by atoms with Gasteiger partial charge in [0.05, 0.1) is 0 Å². The zero-order chi connectivity index (χ0) is 11.3. The van der Waals surface area contributed by atoms with Gasteiger partial charge in [-0.15, -0.1) is 0 Å². The molecule has 15 heavy (non-hydrogen) atoms. The molecule has 0 aliphatic rings. The molecule has 0 aliphatic heterocycles. The maximum Gasteiger partial charge on any atom is 0.272 e. The highest BCUT2D eigenvalue weighted by molar-refractivity contribution is 5.92. The van der Waals surface area contributed by atoms with Crippen LogP contribution in [0.5, 0.6) is 0 Å². The first-order valence-electron chi connectivity index (χ1n) is 5.08. The molecule has 0 saturated heterocycles. The number of hydrogen-bond donors (Lipinski definition) is 1. The van der Waals surface area contributed by atoms with Gasteiger partial charge in [0, 0.05) is 32.9 Å². The van der Waals surface area contributed by atoms with E-state index in [9.17, 15) is 4.79 Å². The molecule has 1 amide bonds. The van der Waals surface area contributed by atoms with Crippen molar-refractivity contribution in [2.24, 2.45) is 7.05 Å². The topological polar surface area (TPSA) is 58.4 Å². The summed E-state index contributed by atoms with van der Waals surface area (Å²) in [6.45, 7) is 3.25. The summed E-state index contributed by atoms with van der Waals surface area (Å²) in [7, 11) is 1.74. The lowest BCUT2D eigenvalue weighted by Gasteiger charge is -2.20. The van der Waals surface area contributed by atoms with Crippen molar-refractivity contribution in [2.45, 2.75) is 13.3 Å². The lowest BCUT2D eigenvalue weighted by atomic mass is 10.3. The van der Waals surface area contributed by atoms with E-state index < -0.39 is 0 Å². The van der Waals surface area contributed by atoms with Gasteiger partial charge in [0.25, 0.3) is 5.91 Å². The van der Waals surface area contributed by atoms with Crippen molar-refractivity contribution in [2.75, 3.05) is 19.7 Å². The van der Waals surface area contributed by atoms with Crippen molar-refractivity contribution >= 4 is 5.91 Å². The van der Waals surface area contributed by atoms with Crippen LogP contribution in [0.1, 0.15) is 23.8 Å². The fourth-order valence-corrected chi connectivity index (χ4v) is 1.41. The number of carbonyl (C=O) groups is 1. The molecule has 0 bridgehead atoms. The summed E-state index contributed by atoms with van der Waals surface area (Å²) < 4.78 is 1.56. The van der Waals surface area contributed by atoms with Gasteiger partial charge in [-0.1, -0.05) is 0 Å². The summed E-state index contributed by atoms with van der Waals surface area (Å²) in [4.78, 5) is 13.6. The van der Waals surface area contributed by atoms with E-state index in [-0.39, 0.29) is 12.5 Å². The van der Waals surface area contributed by atoms with Crippen LogP contribution >= 0.6 is 0 Å². The predicted octanol–water partition coefficient (Wildman–Crippen LogP) is 0.265. The Morgan fingerprint density at radius 1 is 1.67 bits per heavy atom. The second-order valence-electron chi connectivity index (χ2n) is 3.30. The first-order chi connectivity index (χ1) is 7.20. The van der Waals surface area contributed by atoms with Gasteiger partial charge >= 0.3 is 0 Å². The van der Waals surface area contributed by atoms with E-state index in [1.807, 2.05) is 6.92 Å². The van der Waals surface area contributed by atoms with Gasteiger partial charge in [-0.2, -0.15) is 5.10 Å². The normalized spacial score (nSPS) is 10.3. The number of aryl methyl sites for hydroxylation is 1. The molecule has 0 radical (unpaired) electrons. The van der Waals surface area contributed by atoms with Crippen LogP contribution in [-0.4, -0.2) is 45.4 Å². The van der Waals surface area contributed by atoms with Crippen LogP contribution in [0.25, 0.3) is 0 Å². The molecule has 0 spiro atoms. The average Bonchev–Trinajstić information content (AvgIpc) is 2.65. The van der Waals surface area contributed by atoms with Crippen molar-refractivity contribution < 1.29 is 9.90 Å². The van der Waals surface area contributed by atoms with Crippen molar-refractivity contribution in [3.63, 3.8) is 0 Å². The van der Waals surface area contributed by atoms with Crippen LogP contribution in [0.2, 0.25) is 0 Å². The summed E-state index contributed by atoms with van der Waals surface area (Å²) in [5.74, 6) is -0.0362. The van der Waals surface area contributed by atoms with Crippen LogP contribution in [0.4, 0.5) is 0 Å². The van der Waals surface area contributed by atoms with Crippen molar-refractivity contribution in [3.05, 3.63) is 18.0 Å². The van der Waals surface area contributed by atoms with Gasteiger partial charge in [0.15, 0.2) is 0 Å². The van der Waals surface area contributed by atoms with E-state index in [1.54, 1.807) is 28.9 Å². The summed E-state index contributed by atoms with van der Waals surface area (Å²) in [6.07, 6.45) is 2.21. The molecule has 0 aromatic carbocycles. The zero-order valence-electron chi connectivity index (χ0n) is 9.18. The number of amides is 1. The second kappa shape index (κ2) is 5.50. The van der Waals surface area contributed by atoms with Gasteiger partial charge in [0.2, 0.25) is 0 Å². The van der Waals surface area contributed by atoms with E-state index in [4.69, 9.17) is 5.11 Å². The highest BCUT2D eigenvalue weighted by atomic mass is 16.3. The maximum absolute atomic E-state index is 11.9. The molecule has 0 unspecified atom stereocenters. The minimum atomic E-state index is -0.0362. The molecule has 84 valence electrons. The molecule has 0 fully saturated rings. The Bertz CT molecular complexity index is 322. The molecule has 5 nitrogen and oxygen atoms in total. The van der Waals surface area contributed by atoms with Crippen LogP contribution in [0.3, 0.4) is 0 Å². The lowest BCUT2D eigenvalue weighted by Crippen LogP contribution is -2.33. The summed E-state index contributed by atoms with van der Waals surface area (Å²) in [6, 6.07) is 1.70. The van der Waals surface area contributed by atoms with Crippen molar-refractivity contribution in [1.82, 2.24) is 14.7 Å². The first kappa shape index (κ1) is 11.7. The Morgan fingerprint density at radius 3 is 2.87 bits per heavy atom. The number of aromatic nitrogens is 2. The molecule has 1 rings (SSSR count). The maximum atomic E-state index is 11.9. The molecule has 1 N–H and O–H groups in total. The smallest absolute Gasteiger partial charge is 0.272 e. The first-order valence-corrected chi connectivity index (χ1v) is 5.08. The Kier molecular flexibility index (Phi) is 4.30. The van der Waals surface area contributed by atoms with Crippen LogP contribution in [0, 0.1) is 0 Å². The summed E-state index contributed by atoms with van der Waals surface area (Å²) in [5.41, 5.74) is 0.579. The minimum Gasteiger partial charge on any atom is -0.396 e. The van der Waals surface area contributed by atoms with E-state index in [2.05, 4.69) is 5.10 Å². The van der Waals surface area contributed by atoms with Gasteiger partial charge in [-0.3, -0.25) is 9.48 Å². The molecule has 1 aromatic heterocycles. The number of nitrogens with zero attached hydrogens (tertiary/aromatic N) is 3. The standard InChI is InChI=1S/C10H17N3O2/c1-3-13(7-4-8-14)10(15)9-5-6-11-12(9)2/h5-6,14H,3-4,7-8H2,1-2H3. The van der Waals surface area contributed by atoms with E-state index in [0.717, 1.165) is 0 Å². The molecule has 0 aliphatic carbocycles. The summed E-state index contributed by atoms with van der Waals surface area (Å²) in [5, 5.41) is 12.7. The Morgan fingerprint density at radius 2 is 2.40 bits per heavy atom. The Hall–Kier alpha value is -1.36. The SMILES string of the molecule is CCN(CCCO)C(=O)c1ccnn1C. The number of aliphatic hydroxyl groups is 1. The highest BCUT2D eigenvalue weighted by Gasteiger charge is 2.16. The monoisotopic (exact) mass is 211 g/mol. The Labute approximate surface area is 89.3 Å². The van der Waals surface area contributed by atoms with Crippen LogP contribution < -0.4 is 0 Å². The summed E-state index contributed by atoms with van der Waals surface area (Å²) >= 11 is 0. The molecule has 0 saturated carbocycles. The zero-order valence-corrected chi connectivity index (χ0v) is 9.18. The fourth-order valence-electron chi connectivity index (χ4n) is 1.41. The molecule has 1 heterocycles. The third-order valence-electron chi connectivity index (χ3n) is 2.30. The number of hydrogen-bond acceptors (Lipinski definition) is 3. The molecular formula is C10H17N3O2. The van der Waals surface area contributed by atoms with E-state index >= 15 is 0 Å². The molecule has 0 atom stereocenters. The molecule has 5 heteroatoms. The van der Waals surface area contributed by atoms with Crippen LogP contribution in [0.15, 0.2) is 12.3 Å². The lowest BCUT2D eigenvalue weighted by molar-refractivity contribution is 0.0743. The third kappa shape index (κ3) is 2.79. The van der Waals surface area contributed by atoms with Crippen LogP contribution in [-0.2, 0) is 7.05 Å². The average molecular weight is 211 g/mol. The van der Waals surface area contributed by atoms with E-state index in [1.165, 1.54) is 0 Å². The largest absolute Gasteiger partial charge is 0.396 e. The number of carbonyl (C=O) groups excluding carboxylic acids is 1. The predicted molar refractivity (Wildman–Crippen MR) is 56.5 cm³/mol. The van der Waals surface area contributed by atoms with Gasteiger partial charge < -0.3 is 10.0 Å². The minimum absolute atomic E-state index is 0.0362. The third-order valence-corrected chi connectivity index (χ3v) is 2.30. The number of rotatable bonds is 5. The molecule has 1 aromatic rings. The quantitative estimate of drug-likeness (QED) is 0.760. The van der Waals surface area contributed by atoms with Gasteiger partial charge in [-0.25, -0.2) is 0 Å².